The van der Waals surface area contributed by atoms with Crippen molar-refractivity contribution in [3.05, 3.63) is 45.1 Å². The van der Waals surface area contributed by atoms with E-state index in [1.165, 1.54) is 14.2 Å². The third-order valence-electron chi connectivity index (χ3n) is 2.70. The number of ether oxygens (including phenoxy) is 2. The van der Waals surface area contributed by atoms with Gasteiger partial charge >= 0.3 is 0 Å². The monoisotopic (exact) mass is 296 g/mol. The van der Waals surface area contributed by atoms with Crippen molar-refractivity contribution < 1.29 is 14.3 Å². The molecule has 0 aliphatic rings. The highest BCUT2D eigenvalue weighted by molar-refractivity contribution is 7.08. The Kier molecular flexibility index (Phi) is 4.45. The van der Waals surface area contributed by atoms with Crippen LogP contribution in [-0.2, 0) is 6.42 Å². The SMILES string of the molecule is COc1cc(C(=O)Cc2ccsc2)cc(Cl)c1OC. The van der Waals surface area contributed by atoms with Crippen molar-refractivity contribution in [3.63, 3.8) is 0 Å². The van der Waals surface area contributed by atoms with Gasteiger partial charge in [-0.2, -0.15) is 11.3 Å². The molecule has 5 heteroatoms. The summed E-state index contributed by atoms with van der Waals surface area (Å²) in [5, 5.41) is 4.28. The number of hydrogen-bond acceptors (Lipinski definition) is 4. The number of carbonyl (C=O) groups excluding carboxylic acids is 1. The van der Waals surface area contributed by atoms with Gasteiger partial charge in [0.1, 0.15) is 0 Å². The van der Waals surface area contributed by atoms with E-state index in [4.69, 9.17) is 21.1 Å². The van der Waals surface area contributed by atoms with E-state index in [0.717, 1.165) is 5.56 Å². The fraction of sp³-hybridized carbons (Fsp3) is 0.214. The number of carbonyl (C=O) groups is 1. The Morgan fingerprint density at radius 3 is 2.68 bits per heavy atom. The summed E-state index contributed by atoms with van der Waals surface area (Å²) in [4.78, 5) is 12.2. The van der Waals surface area contributed by atoms with Crippen molar-refractivity contribution in [2.75, 3.05) is 14.2 Å². The molecule has 19 heavy (non-hydrogen) atoms. The van der Waals surface area contributed by atoms with Gasteiger partial charge in [-0.1, -0.05) is 11.6 Å². The lowest BCUT2D eigenvalue weighted by molar-refractivity contribution is 0.0992. The molecule has 1 aromatic carbocycles. The topological polar surface area (TPSA) is 35.5 Å². The summed E-state index contributed by atoms with van der Waals surface area (Å²) in [6, 6.07) is 5.20. The van der Waals surface area contributed by atoms with Gasteiger partial charge in [-0.15, -0.1) is 0 Å². The van der Waals surface area contributed by atoms with Gasteiger partial charge in [0.25, 0.3) is 0 Å². The average molecular weight is 297 g/mol. The molecule has 0 atom stereocenters. The first kappa shape index (κ1) is 13.9. The minimum Gasteiger partial charge on any atom is -0.493 e. The summed E-state index contributed by atoms with van der Waals surface area (Å²) in [7, 11) is 3.03. The fourth-order valence-electron chi connectivity index (χ4n) is 1.76. The van der Waals surface area contributed by atoms with E-state index < -0.39 is 0 Å². The predicted molar refractivity (Wildman–Crippen MR) is 76.9 cm³/mol. The highest BCUT2D eigenvalue weighted by Gasteiger charge is 2.15. The molecular formula is C14H13ClO3S. The fourth-order valence-corrected chi connectivity index (χ4v) is 2.72. The number of Topliss-reactive ketones (excluding diaryl/α,β-unsaturated/α-hetero) is 1. The molecule has 0 bridgehead atoms. The smallest absolute Gasteiger partial charge is 0.179 e. The van der Waals surface area contributed by atoms with Gasteiger partial charge in [0, 0.05) is 12.0 Å². The number of ketones is 1. The molecule has 0 fully saturated rings. The Bertz CT molecular complexity index is 579. The zero-order valence-corrected chi connectivity index (χ0v) is 12.2. The molecule has 0 aliphatic carbocycles. The van der Waals surface area contributed by atoms with Crippen LogP contribution in [0.25, 0.3) is 0 Å². The van der Waals surface area contributed by atoms with Gasteiger partial charge in [0.05, 0.1) is 19.2 Å². The van der Waals surface area contributed by atoms with Gasteiger partial charge in [-0.25, -0.2) is 0 Å². The maximum Gasteiger partial charge on any atom is 0.179 e. The van der Waals surface area contributed by atoms with Gasteiger partial charge in [-0.05, 0) is 34.5 Å². The highest BCUT2D eigenvalue weighted by atomic mass is 35.5. The summed E-state index contributed by atoms with van der Waals surface area (Å²) in [5.41, 5.74) is 1.52. The molecule has 3 nitrogen and oxygen atoms in total. The van der Waals surface area contributed by atoms with Crippen molar-refractivity contribution in [2.45, 2.75) is 6.42 Å². The first-order valence-electron chi connectivity index (χ1n) is 5.61. The van der Waals surface area contributed by atoms with Crippen LogP contribution in [0.15, 0.2) is 29.0 Å². The second-order valence-corrected chi connectivity index (χ2v) is 5.11. The maximum absolute atomic E-state index is 12.2. The molecule has 100 valence electrons. The molecule has 1 heterocycles. The second kappa shape index (κ2) is 6.08. The maximum atomic E-state index is 12.2. The minimum atomic E-state index is 0.00116. The van der Waals surface area contributed by atoms with Crippen LogP contribution in [0.3, 0.4) is 0 Å². The molecule has 0 aliphatic heterocycles. The third-order valence-corrected chi connectivity index (χ3v) is 3.71. The Morgan fingerprint density at radius 1 is 1.32 bits per heavy atom. The van der Waals surface area contributed by atoms with Crippen LogP contribution in [0, 0.1) is 0 Å². The van der Waals surface area contributed by atoms with E-state index in [1.54, 1.807) is 23.5 Å². The van der Waals surface area contributed by atoms with Crippen LogP contribution >= 0.6 is 22.9 Å². The van der Waals surface area contributed by atoms with Crippen LogP contribution in [-0.4, -0.2) is 20.0 Å². The number of hydrogen-bond donors (Lipinski definition) is 0. The van der Waals surface area contributed by atoms with E-state index in [0.29, 0.717) is 28.5 Å². The number of rotatable bonds is 5. The zero-order chi connectivity index (χ0) is 13.8. The molecule has 0 amide bonds. The molecular weight excluding hydrogens is 284 g/mol. The quantitative estimate of drug-likeness (QED) is 0.786. The third kappa shape index (κ3) is 3.08. The summed E-state index contributed by atoms with van der Waals surface area (Å²) < 4.78 is 10.3. The van der Waals surface area contributed by atoms with Crippen molar-refractivity contribution in [1.82, 2.24) is 0 Å². The van der Waals surface area contributed by atoms with Crippen molar-refractivity contribution in [3.8, 4) is 11.5 Å². The Hall–Kier alpha value is -1.52. The van der Waals surface area contributed by atoms with Gasteiger partial charge < -0.3 is 9.47 Å². The first-order valence-corrected chi connectivity index (χ1v) is 6.93. The standard InChI is InChI=1S/C14H13ClO3S/c1-17-13-7-10(6-11(15)14(13)18-2)12(16)5-9-3-4-19-8-9/h3-4,6-8H,5H2,1-2H3. The molecule has 0 saturated heterocycles. The molecule has 1 aromatic heterocycles. The second-order valence-electron chi connectivity index (χ2n) is 3.93. The molecule has 0 N–H and O–H groups in total. The van der Waals surface area contributed by atoms with Gasteiger partial charge in [0.2, 0.25) is 0 Å². The number of benzene rings is 1. The largest absolute Gasteiger partial charge is 0.493 e. The van der Waals surface area contributed by atoms with E-state index in [9.17, 15) is 4.79 Å². The lowest BCUT2D eigenvalue weighted by Gasteiger charge is -2.11. The molecule has 0 radical (unpaired) electrons. The lowest BCUT2D eigenvalue weighted by Crippen LogP contribution is -2.04. The van der Waals surface area contributed by atoms with E-state index >= 15 is 0 Å². The molecule has 0 saturated carbocycles. The highest BCUT2D eigenvalue weighted by Crippen LogP contribution is 2.36. The van der Waals surface area contributed by atoms with Crippen LogP contribution in [0.1, 0.15) is 15.9 Å². The minimum absolute atomic E-state index is 0.00116. The Balaban J connectivity index is 2.29. The van der Waals surface area contributed by atoms with Crippen LogP contribution in [0.4, 0.5) is 0 Å². The van der Waals surface area contributed by atoms with Crippen molar-refractivity contribution in [1.29, 1.82) is 0 Å². The summed E-state index contributed by atoms with van der Waals surface area (Å²) >= 11 is 7.65. The van der Waals surface area contributed by atoms with Gasteiger partial charge in [0.15, 0.2) is 17.3 Å². The molecule has 2 rings (SSSR count). The predicted octanol–water partition coefficient (Wildman–Crippen LogP) is 3.84. The molecule has 0 spiro atoms. The first-order chi connectivity index (χ1) is 9.15. The molecule has 0 unspecified atom stereocenters. The van der Waals surface area contributed by atoms with Crippen LogP contribution < -0.4 is 9.47 Å². The van der Waals surface area contributed by atoms with Crippen LogP contribution in [0.2, 0.25) is 5.02 Å². The molecule has 2 aromatic rings. The Morgan fingerprint density at radius 2 is 2.11 bits per heavy atom. The van der Waals surface area contributed by atoms with Crippen LogP contribution in [0.5, 0.6) is 11.5 Å². The van der Waals surface area contributed by atoms with E-state index in [-0.39, 0.29) is 5.78 Å². The summed E-state index contributed by atoms with van der Waals surface area (Å²) in [6.07, 6.45) is 0.356. The van der Waals surface area contributed by atoms with Crippen molar-refractivity contribution in [2.24, 2.45) is 0 Å². The number of halogens is 1. The average Bonchev–Trinajstić information content (AvgIpc) is 2.90. The van der Waals surface area contributed by atoms with Crippen molar-refractivity contribution >= 4 is 28.7 Å². The summed E-state index contributed by atoms with van der Waals surface area (Å²) in [5.74, 6) is 0.904. The number of thiophene rings is 1. The van der Waals surface area contributed by atoms with E-state index in [2.05, 4.69) is 0 Å². The summed E-state index contributed by atoms with van der Waals surface area (Å²) in [6.45, 7) is 0. The zero-order valence-electron chi connectivity index (χ0n) is 10.6. The Labute approximate surface area is 120 Å². The van der Waals surface area contributed by atoms with E-state index in [1.807, 2.05) is 16.8 Å². The van der Waals surface area contributed by atoms with Gasteiger partial charge in [-0.3, -0.25) is 4.79 Å². The normalized spacial score (nSPS) is 10.3. The lowest BCUT2D eigenvalue weighted by atomic mass is 10.0. The number of methoxy groups -OCH3 is 2.